The van der Waals surface area contributed by atoms with E-state index in [1.807, 2.05) is 5.38 Å². The second kappa shape index (κ2) is 8.22. The minimum atomic E-state index is -4.39. The van der Waals surface area contributed by atoms with Gasteiger partial charge < -0.3 is 16.0 Å². The van der Waals surface area contributed by atoms with E-state index < -0.39 is 23.8 Å². The van der Waals surface area contributed by atoms with E-state index in [0.29, 0.717) is 5.56 Å². The first-order valence-corrected chi connectivity index (χ1v) is 8.54. The number of primary amides is 1. The number of amides is 3. The molecular weight excluding hydrogens is 367 g/mol. The summed E-state index contributed by atoms with van der Waals surface area (Å²) >= 11 is 1.39. The average Bonchev–Trinajstić information content (AvgIpc) is 3.07. The van der Waals surface area contributed by atoms with E-state index in [9.17, 15) is 22.8 Å². The van der Waals surface area contributed by atoms with Gasteiger partial charge in [0.2, 0.25) is 5.91 Å². The topological polar surface area (TPSA) is 75.4 Å². The second-order valence-corrected chi connectivity index (χ2v) is 6.70. The number of thiophene rings is 1. The lowest BCUT2D eigenvalue weighted by atomic mass is 10.1. The van der Waals surface area contributed by atoms with Crippen LogP contribution in [0.5, 0.6) is 0 Å². The largest absolute Gasteiger partial charge is 0.416 e. The summed E-state index contributed by atoms with van der Waals surface area (Å²) in [7, 11) is 1.55. The van der Waals surface area contributed by atoms with Gasteiger partial charge in [-0.1, -0.05) is 18.2 Å². The van der Waals surface area contributed by atoms with Gasteiger partial charge in [0, 0.05) is 18.5 Å². The van der Waals surface area contributed by atoms with Crippen LogP contribution in [0.3, 0.4) is 0 Å². The van der Waals surface area contributed by atoms with Gasteiger partial charge in [-0.3, -0.25) is 4.79 Å². The Kier molecular flexibility index (Phi) is 6.25. The Morgan fingerprint density at radius 1 is 1.23 bits per heavy atom. The van der Waals surface area contributed by atoms with Gasteiger partial charge in [0.15, 0.2) is 0 Å². The molecule has 0 aliphatic rings. The van der Waals surface area contributed by atoms with Crippen LogP contribution in [0.2, 0.25) is 0 Å². The van der Waals surface area contributed by atoms with Crippen molar-refractivity contribution in [3.05, 3.63) is 57.8 Å². The molecule has 0 aliphatic carbocycles. The molecule has 0 fully saturated rings. The monoisotopic (exact) mass is 385 g/mol. The molecule has 0 aliphatic heterocycles. The molecule has 0 saturated carbocycles. The van der Waals surface area contributed by atoms with Crippen LogP contribution in [0.25, 0.3) is 0 Å². The van der Waals surface area contributed by atoms with Gasteiger partial charge in [-0.15, -0.1) is 11.3 Å². The fraction of sp³-hybridized carbons (Fsp3) is 0.294. The molecule has 0 radical (unpaired) electrons. The normalized spacial score (nSPS) is 12.5. The number of halogens is 3. The summed E-state index contributed by atoms with van der Waals surface area (Å²) in [5.41, 5.74) is 5.00. The molecule has 26 heavy (non-hydrogen) atoms. The van der Waals surface area contributed by atoms with Gasteiger partial charge >= 0.3 is 12.2 Å². The predicted octanol–water partition coefficient (Wildman–Crippen LogP) is 3.53. The Bertz CT molecular complexity index is 746. The van der Waals surface area contributed by atoms with E-state index >= 15 is 0 Å². The van der Waals surface area contributed by atoms with Crippen molar-refractivity contribution in [1.82, 2.24) is 10.2 Å². The highest BCUT2D eigenvalue weighted by Gasteiger charge is 2.30. The fourth-order valence-electron chi connectivity index (χ4n) is 2.38. The summed E-state index contributed by atoms with van der Waals surface area (Å²) in [6.45, 7) is 0.157. The number of urea groups is 1. The first kappa shape index (κ1) is 19.8. The lowest BCUT2D eigenvalue weighted by Gasteiger charge is -2.21. The first-order valence-electron chi connectivity index (χ1n) is 7.66. The maximum Gasteiger partial charge on any atom is 0.416 e. The molecule has 1 aromatic heterocycles. The average molecular weight is 385 g/mol. The lowest BCUT2D eigenvalue weighted by Crippen LogP contribution is -2.36. The molecule has 0 spiro atoms. The molecule has 0 bridgehead atoms. The number of carbonyl (C=O) groups excluding carboxylic acids is 2. The molecule has 0 unspecified atom stereocenters. The van der Waals surface area contributed by atoms with Crippen molar-refractivity contribution in [2.24, 2.45) is 5.73 Å². The van der Waals surface area contributed by atoms with Gasteiger partial charge in [-0.05, 0) is 29.1 Å². The number of nitrogens with two attached hydrogens (primary N) is 1. The molecule has 1 heterocycles. The second-order valence-electron chi connectivity index (χ2n) is 5.73. The number of benzene rings is 1. The molecule has 3 N–H and O–H groups in total. The number of rotatable bonds is 6. The summed E-state index contributed by atoms with van der Waals surface area (Å²) in [6, 6.07) is 6.95. The number of carbonyl (C=O) groups is 2. The van der Waals surface area contributed by atoms with Crippen LogP contribution < -0.4 is 11.1 Å². The Balaban J connectivity index is 2.00. The summed E-state index contributed by atoms with van der Waals surface area (Å²) in [4.78, 5) is 25.8. The van der Waals surface area contributed by atoms with E-state index in [0.717, 1.165) is 17.0 Å². The highest BCUT2D eigenvalue weighted by Crippen LogP contribution is 2.29. The molecular formula is C17H18F3N3O2S. The van der Waals surface area contributed by atoms with Crippen LogP contribution in [0, 0.1) is 0 Å². The van der Waals surface area contributed by atoms with E-state index in [-0.39, 0.29) is 18.9 Å². The maximum absolute atomic E-state index is 12.6. The number of hydrogen-bond acceptors (Lipinski definition) is 3. The highest BCUT2D eigenvalue weighted by atomic mass is 32.1. The quantitative estimate of drug-likeness (QED) is 0.798. The molecule has 140 valence electrons. The summed E-state index contributed by atoms with van der Waals surface area (Å²) in [5.74, 6) is -0.267. The number of alkyl halides is 3. The molecule has 9 heteroatoms. The summed E-state index contributed by atoms with van der Waals surface area (Å²) < 4.78 is 37.8. The summed E-state index contributed by atoms with van der Waals surface area (Å²) in [5, 5.41) is 4.35. The van der Waals surface area contributed by atoms with Crippen LogP contribution in [0.15, 0.2) is 41.8 Å². The molecule has 0 saturated heterocycles. The minimum Gasteiger partial charge on any atom is -0.352 e. The van der Waals surface area contributed by atoms with Gasteiger partial charge in [-0.25, -0.2) is 4.79 Å². The third kappa shape index (κ3) is 5.48. The van der Waals surface area contributed by atoms with Crippen LogP contribution in [-0.4, -0.2) is 23.9 Å². The Labute approximate surface area is 152 Å². The van der Waals surface area contributed by atoms with Gasteiger partial charge in [0.05, 0.1) is 18.0 Å². The van der Waals surface area contributed by atoms with Gasteiger partial charge in [0.1, 0.15) is 0 Å². The van der Waals surface area contributed by atoms with Crippen molar-refractivity contribution in [1.29, 1.82) is 0 Å². The Morgan fingerprint density at radius 2 is 1.88 bits per heavy atom. The third-order valence-electron chi connectivity index (χ3n) is 3.71. The SMILES string of the molecule is CN(Cc1ccc(C(F)(F)F)cc1)C(=O)C[C@@H](NC(N)=O)c1cccs1. The van der Waals surface area contributed by atoms with Crippen molar-refractivity contribution in [2.75, 3.05) is 7.05 Å². The van der Waals surface area contributed by atoms with E-state index in [1.54, 1.807) is 19.2 Å². The third-order valence-corrected chi connectivity index (χ3v) is 4.69. The minimum absolute atomic E-state index is 0.000583. The molecule has 2 aromatic rings. The zero-order valence-corrected chi connectivity index (χ0v) is 14.7. The predicted molar refractivity (Wildman–Crippen MR) is 92.3 cm³/mol. The van der Waals surface area contributed by atoms with Crippen molar-refractivity contribution >= 4 is 23.3 Å². The van der Waals surface area contributed by atoms with E-state index in [1.165, 1.54) is 28.4 Å². The van der Waals surface area contributed by atoms with Crippen LogP contribution in [0.4, 0.5) is 18.0 Å². The first-order chi connectivity index (χ1) is 12.2. The number of nitrogens with one attached hydrogen (secondary N) is 1. The number of hydrogen-bond donors (Lipinski definition) is 2. The van der Waals surface area contributed by atoms with Gasteiger partial charge in [0.25, 0.3) is 0 Å². The Morgan fingerprint density at radius 3 is 2.38 bits per heavy atom. The highest BCUT2D eigenvalue weighted by molar-refractivity contribution is 7.10. The fourth-order valence-corrected chi connectivity index (χ4v) is 3.15. The van der Waals surface area contributed by atoms with Crippen LogP contribution in [-0.2, 0) is 17.5 Å². The van der Waals surface area contributed by atoms with Crippen LogP contribution >= 0.6 is 11.3 Å². The van der Waals surface area contributed by atoms with Gasteiger partial charge in [-0.2, -0.15) is 13.2 Å². The van der Waals surface area contributed by atoms with Crippen molar-refractivity contribution < 1.29 is 22.8 Å². The number of nitrogens with zero attached hydrogens (tertiary/aromatic N) is 1. The van der Waals surface area contributed by atoms with E-state index in [2.05, 4.69) is 5.32 Å². The molecule has 1 aromatic carbocycles. The summed E-state index contributed by atoms with van der Waals surface area (Å²) in [6.07, 6.45) is -4.39. The molecule has 1 atom stereocenters. The molecule has 3 amide bonds. The zero-order chi connectivity index (χ0) is 19.3. The molecule has 5 nitrogen and oxygen atoms in total. The van der Waals surface area contributed by atoms with Crippen molar-refractivity contribution in [3.8, 4) is 0 Å². The Hall–Kier alpha value is -2.55. The van der Waals surface area contributed by atoms with Crippen molar-refractivity contribution in [3.63, 3.8) is 0 Å². The van der Waals surface area contributed by atoms with Crippen LogP contribution in [0.1, 0.15) is 28.5 Å². The maximum atomic E-state index is 12.6. The smallest absolute Gasteiger partial charge is 0.352 e. The van der Waals surface area contributed by atoms with E-state index in [4.69, 9.17) is 5.73 Å². The standard InChI is InChI=1S/C17H18F3N3O2S/c1-23(10-11-4-6-12(7-5-11)17(18,19)20)15(24)9-13(22-16(21)25)14-3-2-8-26-14/h2-8,13H,9-10H2,1H3,(H3,21,22,25)/t13-/m1/s1. The lowest BCUT2D eigenvalue weighted by molar-refractivity contribution is -0.137. The molecule has 2 rings (SSSR count). The zero-order valence-electron chi connectivity index (χ0n) is 13.9. The van der Waals surface area contributed by atoms with Crippen molar-refractivity contribution in [2.45, 2.75) is 25.2 Å².